The lowest BCUT2D eigenvalue weighted by atomic mass is 10.1. The molecule has 0 rings (SSSR count). The Labute approximate surface area is 82.7 Å². The average molecular weight is 187 g/mol. The fraction of sp³-hybridized carbons (Fsp3) is 1.00. The maximum Gasteiger partial charge on any atom is 0.0512 e. The van der Waals surface area contributed by atoms with Crippen LogP contribution in [0, 0.1) is 0 Å². The molecule has 0 radical (unpaired) electrons. The maximum atomic E-state index is 9.02. The van der Waals surface area contributed by atoms with E-state index in [1.165, 1.54) is 19.3 Å². The zero-order valence-corrected chi connectivity index (χ0v) is 9.34. The highest BCUT2D eigenvalue weighted by Gasteiger charge is 1.99. The van der Waals surface area contributed by atoms with Crippen molar-refractivity contribution in [3.05, 3.63) is 0 Å². The number of aliphatic hydroxyl groups is 1. The van der Waals surface area contributed by atoms with Crippen molar-refractivity contribution in [2.24, 2.45) is 0 Å². The summed E-state index contributed by atoms with van der Waals surface area (Å²) in [6, 6.07) is 0.650. The zero-order chi connectivity index (χ0) is 10.1. The van der Waals surface area contributed by atoms with Crippen LogP contribution in [0.2, 0.25) is 0 Å². The second kappa shape index (κ2) is 8.52. The third kappa shape index (κ3) is 9.84. The summed E-state index contributed by atoms with van der Waals surface area (Å²) >= 11 is 0. The van der Waals surface area contributed by atoms with E-state index in [-0.39, 0.29) is 6.10 Å². The van der Waals surface area contributed by atoms with E-state index >= 15 is 0 Å². The minimum absolute atomic E-state index is 0.131. The van der Waals surface area contributed by atoms with Gasteiger partial charge in [-0.3, -0.25) is 0 Å². The van der Waals surface area contributed by atoms with Gasteiger partial charge in [0.15, 0.2) is 0 Å². The Kier molecular flexibility index (Phi) is 8.46. The van der Waals surface area contributed by atoms with E-state index in [4.69, 9.17) is 5.11 Å². The van der Waals surface area contributed by atoms with Crippen LogP contribution in [0.3, 0.4) is 0 Å². The van der Waals surface area contributed by atoms with E-state index in [0.717, 1.165) is 19.4 Å². The molecule has 2 heteroatoms. The van der Waals surface area contributed by atoms with E-state index in [9.17, 15) is 0 Å². The largest absolute Gasteiger partial charge is 0.393 e. The molecule has 0 aliphatic carbocycles. The first-order valence-electron chi connectivity index (χ1n) is 5.58. The Hall–Kier alpha value is -0.0800. The van der Waals surface area contributed by atoms with Gasteiger partial charge in [0.05, 0.1) is 6.10 Å². The fourth-order valence-corrected chi connectivity index (χ4v) is 1.45. The fourth-order valence-electron chi connectivity index (χ4n) is 1.45. The van der Waals surface area contributed by atoms with Gasteiger partial charge in [0.25, 0.3) is 0 Å². The van der Waals surface area contributed by atoms with E-state index in [1.54, 1.807) is 0 Å². The van der Waals surface area contributed by atoms with Crippen LogP contribution >= 0.6 is 0 Å². The normalized spacial score (nSPS) is 15.7. The highest BCUT2D eigenvalue weighted by molar-refractivity contribution is 4.59. The maximum absolute atomic E-state index is 9.02. The molecule has 2 atom stereocenters. The molecule has 0 fully saturated rings. The molecule has 0 aromatic carbocycles. The minimum Gasteiger partial charge on any atom is -0.393 e. The van der Waals surface area contributed by atoms with Crippen LogP contribution in [0.15, 0.2) is 0 Å². The quantitative estimate of drug-likeness (QED) is 0.572. The summed E-state index contributed by atoms with van der Waals surface area (Å²) in [5, 5.41) is 12.5. The first-order valence-corrected chi connectivity index (χ1v) is 5.58. The van der Waals surface area contributed by atoms with Gasteiger partial charge in [0.1, 0.15) is 0 Å². The first-order chi connectivity index (χ1) is 6.16. The lowest BCUT2D eigenvalue weighted by Gasteiger charge is -2.12. The van der Waals surface area contributed by atoms with Crippen molar-refractivity contribution in [1.29, 1.82) is 0 Å². The van der Waals surface area contributed by atoms with E-state index < -0.39 is 0 Å². The lowest BCUT2D eigenvalue weighted by Crippen LogP contribution is -2.26. The molecule has 0 heterocycles. The predicted octanol–water partition coefficient (Wildman–Crippen LogP) is 2.32. The third-order valence-electron chi connectivity index (χ3n) is 2.26. The summed E-state index contributed by atoms with van der Waals surface area (Å²) in [4.78, 5) is 0. The summed E-state index contributed by atoms with van der Waals surface area (Å²) in [5.74, 6) is 0. The van der Waals surface area contributed by atoms with Crippen LogP contribution in [0.1, 0.15) is 52.9 Å². The van der Waals surface area contributed by atoms with Crippen LogP contribution in [0.25, 0.3) is 0 Å². The summed E-state index contributed by atoms with van der Waals surface area (Å²) in [5.41, 5.74) is 0. The molecular weight excluding hydrogens is 162 g/mol. The van der Waals surface area contributed by atoms with Crippen molar-refractivity contribution < 1.29 is 5.11 Å². The summed E-state index contributed by atoms with van der Waals surface area (Å²) in [7, 11) is 0. The monoisotopic (exact) mass is 187 g/mol. The topological polar surface area (TPSA) is 32.3 Å². The van der Waals surface area contributed by atoms with Gasteiger partial charge in [-0.15, -0.1) is 0 Å². The molecule has 2 N–H and O–H groups in total. The Bertz CT molecular complexity index is 104. The van der Waals surface area contributed by atoms with Crippen LogP contribution in [-0.2, 0) is 0 Å². The van der Waals surface area contributed by atoms with Gasteiger partial charge in [-0.2, -0.15) is 0 Å². The number of hydrogen-bond acceptors (Lipinski definition) is 2. The Balaban J connectivity index is 3.06. The minimum atomic E-state index is -0.131. The molecule has 0 bridgehead atoms. The summed E-state index contributed by atoms with van der Waals surface area (Å²) in [6.45, 7) is 7.39. The predicted molar refractivity (Wildman–Crippen MR) is 57.9 cm³/mol. The van der Waals surface area contributed by atoms with Crippen LogP contribution in [0.5, 0.6) is 0 Å². The van der Waals surface area contributed by atoms with Crippen molar-refractivity contribution in [1.82, 2.24) is 5.32 Å². The van der Waals surface area contributed by atoms with E-state index in [2.05, 4.69) is 19.2 Å². The molecule has 0 saturated carbocycles. The highest BCUT2D eigenvalue weighted by Crippen LogP contribution is 2.00. The lowest BCUT2D eigenvalue weighted by molar-refractivity contribution is 0.180. The molecule has 0 aromatic heterocycles. The van der Waals surface area contributed by atoms with Gasteiger partial charge in [-0.05, 0) is 46.1 Å². The highest BCUT2D eigenvalue weighted by atomic mass is 16.3. The van der Waals surface area contributed by atoms with Crippen molar-refractivity contribution in [3.8, 4) is 0 Å². The molecule has 80 valence electrons. The van der Waals surface area contributed by atoms with Crippen molar-refractivity contribution in [2.75, 3.05) is 6.54 Å². The van der Waals surface area contributed by atoms with Crippen LogP contribution < -0.4 is 5.32 Å². The smallest absolute Gasteiger partial charge is 0.0512 e. The molecule has 0 amide bonds. The van der Waals surface area contributed by atoms with E-state index in [0.29, 0.717) is 6.04 Å². The van der Waals surface area contributed by atoms with Gasteiger partial charge in [0.2, 0.25) is 0 Å². The standard InChI is InChI=1S/C11H25NO/c1-4-7-10(2)12-9-6-5-8-11(3)13/h10-13H,4-9H2,1-3H3/t10-,11?/m1/s1. The number of aliphatic hydroxyl groups excluding tert-OH is 1. The Morgan fingerprint density at radius 1 is 1.15 bits per heavy atom. The Morgan fingerprint density at radius 2 is 1.85 bits per heavy atom. The van der Waals surface area contributed by atoms with Gasteiger partial charge in [-0.1, -0.05) is 13.3 Å². The van der Waals surface area contributed by atoms with Gasteiger partial charge in [-0.25, -0.2) is 0 Å². The molecule has 1 unspecified atom stereocenters. The molecule has 2 nitrogen and oxygen atoms in total. The Morgan fingerprint density at radius 3 is 2.38 bits per heavy atom. The number of unbranched alkanes of at least 4 members (excludes halogenated alkanes) is 1. The molecular formula is C11H25NO. The molecule has 0 aliphatic rings. The van der Waals surface area contributed by atoms with E-state index in [1.807, 2.05) is 6.92 Å². The average Bonchev–Trinajstić information content (AvgIpc) is 2.03. The van der Waals surface area contributed by atoms with Crippen molar-refractivity contribution >= 4 is 0 Å². The number of rotatable bonds is 8. The molecule has 0 aromatic rings. The molecule has 0 saturated heterocycles. The van der Waals surface area contributed by atoms with Crippen LogP contribution in [-0.4, -0.2) is 23.8 Å². The molecule has 0 aliphatic heterocycles. The van der Waals surface area contributed by atoms with Gasteiger partial charge in [0, 0.05) is 6.04 Å². The summed E-state index contributed by atoms with van der Waals surface area (Å²) in [6.07, 6.45) is 5.62. The first kappa shape index (κ1) is 12.9. The number of hydrogen-bond donors (Lipinski definition) is 2. The summed E-state index contributed by atoms with van der Waals surface area (Å²) < 4.78 is 0. The van der Waals surface area contributed by atoms with Crippen molar-refractivity contribution in [3.63, 3.8) is 0 Å². The molecule has 13 heavy (non-hydrogen) atoms. The van der Waals surface area contributed by atoms with Crippen molar-refractivity contribution in [2.45, 2.75) is 65.0 Å². The second-order valence-corrected chi connectivity index (χ2v) is 3.99. The third-order valence-corrected chi connectivity index (χ3v) is 2.26. The zero-order valence-electron chi connectivity index (χ0n) is 9.34. The van der Waals surface area contributed by atoms with Gasteiger partial charge < -0.3 is 10.4 Å². The SMILES string of the molecule is CCC[C@@H](C)NCCCCC(C)O. The number of nitrogens with one attached hydrogen (secondary N) is 1. The molecule has 0 spiro atoms. The van der Waals surface area contributed by atoms with Crippen LogP contribution in [0.4, 0.5) is 0 Å². The second-order valence-electron chi connectivity index (χ2n) is 3.99. The van der Waals surface area contributed by atoms with Gasteiger partial charge >= 0.3 is 0 Å².